The number of carbonyl (C=O) groups excluding carboxylic acids is 2. The molecule has 0 aliphatic rings. The second kappa shape index (κ2) is 8.36. The third-order valence-electron chi connectivity index (χ3n) is 4.11. The lowest BCUT2D eigenvalue weighted by atomic mass is 10.1. The molecule has 1 atom stereocenters. The molecular formula is C22H22N2O3. The van der Waals surface area contributed by atoms with Gasteiger partial charge in [-0.3, -0.25) is 9.59 Å². The monoisotopic (exact) mass is 362 g/mol. The van der Waals surface area contributed by atoms with Crippen molar-refractivity contribution in [1.29, 1.82) is 0 Å². The van der Waals surface area contributed by atoms with Crippen molar-refractivity contribution in [2.45, 2.75) is 26.4 Å². The Morgan fingerprint density at radius 1 is 0.889 bits per heavy atom. The summed E-state index contributed by atoms with van der Waals surface area (Å²) in [6.07, 6.45) is -0.0834. The minimum Gasteiger partial charge on any atom is -0.481 e. The van der Waals surface area contributed by atoms with E-state index in [0.29, 0.717) is 23.5 Å². The maximum atomic E-state index is 12.6. The number of hydrogen-bond acceptors (Lipinski definition) is 3. The molecule has 3 aromatic rings. The Morgan fingerprint density at radius 3 is 2.30 bits per heavy atom. The molecule has 0 aliphatic carbocycles. The molecule has 5 nitrogen and oxygen atoms in total. The number of nitrogens with one attached hydrogen (secondary N) is 2. The van der Waals surface area contributed by atoms with Crippen LogP contribution in [0.3, 0.4) is 0 Å². The number of hydrogen-bond donors (Lipinski definition) is 2. The normalized spacial score (nSPS) is 11.6. The summed E-state index contributed by atoms with van der Waals surface area (Å²) in [5.41, 5.74) is 1.23. The zero-order chi connectivity index (χ0) is 19.2. The highest BCUT2D eigenvalue weighted by atomic mass is 16.5. The summed E-state index contributed by atoms with van der Waals surface area (Å²) < 4.78 is 5.92. The fourth-order valence-corrected chi connectivity index (χ4v) is 2.83. The number of ether oxygens (including phenoxy) is 1. The van der Waals surface area contributed by atoms with Gasteiger partial charge in [0.1, 0.15) is 5.75 Å². The molecule has 0 heterocycles. The van der Waals surface area contributed by atoms with Crippen LogP contribution < -0.4 is 15.4 Å². The second-order valence-corrected chi connectivity index (χ2v) is 6.27. The molecule has 0 fully saturated rings. The van der Waals surface area contributed by atoms with Crippen LogP contribution in [0.1, 0.15) is 20.3 Å². The predicted molar refractivity (Wildman–Crippen MR) is 108 cm³/mol. The zero-order valence-electron chi connectivity index (χ0n) is 15.4. The number of amides is 2. The van der Waals surface area contributed by atoms with Gasteiger partial charge in [-0.2, -0.15) is 0 Å². The van der Waals surface area contributed by atoms with Crippen molar-refractivity contribution in [3.05, 3.63) is 66.7 Å². The summed E-state index contributed by atoms with van der Waals surface area (Å²) in [5, 5.41) is 7.73. The topological polar surface area (TPSA) is 67.4 Å². The van der Waals surface area contributed by atoms with Gasteiger partial charge < -0.3 is 15.4 Å². The standard InChI is InChI=1S/C22H22N2O3/c1-3-21(27-20-12-11-16-7-4-5-8-17(16)13-20)22(26)24-19-10-6-9-18(14-19)23-15(2)25/h4-14,21H,3H2,1-2H3,(H,23,25)(H,24,26). The van der Waals surface area contributed by atoms with Crippen molar-refractivity contribution in [2.24, 2.45) is 0 Å². The Bertz CT molecular complexity index is 968. The first-order chi connectivity index (χ1) is 13.0. The number of anilines is 2. The van der Waals surface area contributed by atoms with Gasteiger partial charge in [0.05, 0.1) is 0 Å². The van der Waals surface area contributed by atoms with Gasteiger partial charge >= 0.3 is 0 Å². The first-order valence-corrected chi connectivity index (χ1v) is 8.89. The van der Waals surface area contributed by atoms with E-state index in [1.165, 1.54) is 6.92 Å². The van der Waals surface area contributed by atoms with Crippen LogP contribution in [0.2, 0.25) is 0 Å². The molecule has 138 valence electrons. The van der Waals surface area contributed by atoms with Crippen LogP contribution in [0.4, 0.5) is 11.4 Å². The van der Waals surface area contributed by atoms with E-state index in [9.17, 15) is 9.59 Å². The molecule has 0 aliphatic heterocycles. The summed E-state index contributed by atoms with van der Waals surface area (Å²) in [5.74, 6) is 0.262. The smallest absolute Gasteiger partial charge is 0.265 e. The molecule has 2 amide bonds. The van der Waals surface area contributed by atoms with Crippen molar-refractivity contribution in [3.63, 3.8) is 0 Å². The van der Waals surface area contributed by atoms with E-state index in [1.54, 1.807) is 24.3 Å². The van der Waals surface area contributed by atoms with Gasteiger partial charge in [0, 0.05) is 18.3 Å². The fourth-order valence-electron chi connectivity index (χ4n) is 2.83. The van der Waals surface area contributed by atoms with E-state index in [-0.39, 0.29) is 11.8 Å². The van der Waals surface area contributed by atoms with Gasteiger partial charge in [-0.25, -0.2) is 0 Å². The minimum absolute atomic E-state index is 0.162. The van der Waals surface area contributed by atoms with Crippen LogP contribution >= 0.6 is 0 Å². The van der Waals surface area contributed by atoms with Crippen LogP contribution in [0.15, 0.2) is 66.7 Å². The molecule has 3 aromatic carbocycles. The molecule has 2 N–H and O–H groups in total. The van der Waals surface area contributed by atoms with Crippen molar-refractivity contribution in [3.8, 4) is 5.75 Å². The van der Waals surface area contributed by atoms with Crippen LogP contribution in [-0.4, -0.2) is 17.9 Å². The molecule has 0 bridgehead atoms. The molecule has 0 saturated carbocycles. The molecule has 3 rings (SSSR count). The van der Waals surface area contributed by atoms with Gasteiger partial charge in [0.2, 0.25) is 5.91 Å². The van der Waals surface area contributed by atoms with Crippen LogP contribution in [0, 0.1) is 0 Å². The van der Waals surface area contributed by atoms with Crippen LogP contribution in [0.5, 0.6) is 5.75 Å². The van der Waals surface area contributed by atoms with E-state index in [2.05, 4.69) is 10.6 Å². The number of fused-ring (bicyclic) bond motifs is 1. The lowest BCUT2D eigenvalue weighted by Crippen LogP contribution is -2.32. The van der Waals surface area contributed by atoms with Crippen molar-refractivity contribution in [2.75, 3.05) is 10.6 Å². The third kappa shape index (κ3) is 4.85. The molecule has 0 radical (unpaired) electrons. The molecule has 5 heteroatoms. The first-order valence-electron chi connectivity index (χ1n) is 8.89. The summed E-state index contributed by atoms with van der Waals surface area (Å²) in [6, 6.07) is 20.8. The maximum absolute atomic E-state index is 12.6. The molecule has 27 heavy (non-hydrogen) atoms. The number of benzene rings is 3. The van der Waals surface area contributed by atoms with E-state index in [0.717, 1.165) is 10.8 Å². The second-order valence-electron chi connectivity index (χ2n) is 6.27. The lowest BCUT2D eigenvalue weighted by Gasteiger charge is -2.18. The Morgan fingerprint density at radius 2 is 1.59 bits per heavy atom. The summed E-state index contributed by atoms with van der Waals surface area (Å²) in [7, 11) is 0. The number of rotatable bonds is 6. The van der Waals surface area contributed by atoms with E-state index >= 15 is 0 Å². The van der Waals surface area contributed by atoms with Crippen molar-refractivity contribution in [1.82, 2.24) is 0 Å². The quantitative estimate of drug-likeness (QED) is 0.674. The molecule has 0 aromatic heterocycles. The van der Waals surface area contributed by atoms with Crippen LogP contribution in [-0.2, 0) is 9.59 Å². The van der Waals surface area contributed by atoms with E-state index in [4.69, 9.17) is 4.74 Å². The summed E-state index contributed by atoms with van der Waals surface area (Å²) in [6.45, 7) is 3.34. The lowest BCUT2D eigenvalue weighted by molar-refractivity contribution is -0.122. The molecule has 0 saturated heterocycles. The average molecular weight is 362 g/mol. The van der Waals surface area contributed by atoms with Gasteiger partial charge in [-0.15, -0.1) is 0 Å². The minimum atomic E-state index is -0.615. The van der Waals surface area contributed by atoms with E-state index < -0.39 is 6.10 Å². The molecule has 0 spiro atoms. The Kier molecular flexibility index (Phi) is 5.71. The average Bonchev–Trinajstić information content (AvgIpc) is 2.65. The van der Waals surface area contributed by atoms with Gasteiger partial charge in [0.25, 0.3) is 5.91 Å². The van der Waals surface area contributed by atoms with Gasteiger partial charge in [0.15, 0.2) is 6.10 Å². The summed E-state index contributed by atoms with van der Waals surface area (Å²) >= 11 is 0. The van der Waals surface area contributed by atoms with Crippen LogP contribution in [0.25, 0.3) is 10.8 Å². The highest BCUT2D eigenvalue weighted by Gasteiger charge is 2.19. The molecule has 1 unspecified atom stereocenters. The first kappa shape index (κ1) is 18.5. The maximum Gasteiger partial charge on any atom is 0.265 e. The van der Waals surface area contributed by atoms with Crippen molar-refractivity contribution >= 4 is 34.0 Å². The molecular weight excluding hydrogens is 340 g/mol. The Balaban J connectivity index is 1.71. The number of carbonyl (C=O) groups is 2. The highest BCUT2D eigenvalue weighted by Crippen LogP contribution is 2.23. The van der Waals surface area contributed by atoms with Crippen molar-refractivity contribution < 1.29 is 14.3 Å². The van der Waals surface area contributed by atoms with E-state index in [1.807, 2.05) is 49.4 Å². The fraction of sp³-hybridized carbons (Fsp3) is 0.182. The highest BCUT2D eigenvalue weighted by molar-refractivity contribution is 5.96. The SMILES string of the molecule is CCC(Oc1ccc2ccccc2c1)C(=O)Nc1cccc(NC(C)=O)c1. The summed E-state index contributed by atoms with van der Waals surface area (Å²) in [4.78, 5) is 23.8. The Labute approximate surface area is 158 Å². The van der Waals surface area contributed by atoms with Gasteiger partial charge in [-0.05, 0) is 47.5 Å². The van der Waals surface area contributed by atoms with Gasteiger partial charge in [-0.1, -0.05) is 43.3 Å². The third-order valence-corrected chi connectivity index (χ3v) is 4.11. The zero-order valence-corrected chi connectivity index (χ0v) is 15.4. The predicted octanol–water partition coefficient (Wildman–Crippen LogP) is 4.59. The Hall–Kier alpha value is -3.34. The largest absolute Gasteiger partial charge is 0.481 e.